The van der Waals surface area contributed by atoms with Crippen molar-refractivity contribution < 1.29 is 5.11 Å². The van der Waals surface area contributed by atoms with Gasteiger partial charge < -0.3 is 5.11 Å². The molecule has 0 aliphatic carbocycles. The molecule has 0 bridgehead atoms. The van der Waals surface area contributed by atoms with Crippen LogP contribution in [0.2, 0.25) is 0 Å². The van der Waals surface area contributed by atoms with Gasteiger partial charge in [0.1, 0.15) is 0 Å². The number of nitrogens with zero attached hydrogens (tertiary/aromatic N) is 2. The lowest BCUT2D eigenvalue weighted by molar-refractivity contribution is 0.419. The average Bonchev–Trinajstić information content (AvgIpc) is 2.28. The molecule has 3 nitrogen and oxygen atoms in total. The first-order chi connectivity index (χ1) is 5.24. The fourth-order valence-electron chi connectivity index (χ4n) is 0.995. The van der Waals surface area contributed by atoms with E-state index in [1.54, 1.807) is 13.1 Å². The van der Waals surface area contributed by atoms with Crippen molar-refractivity contribution >= 4 is 0 Å². The smallest absolute Gasteiger partial charge is 0.209 e. The Morgan fingerprint density at radius 3 is 2.82 bits per heavy atom. The van der Waals surface area contributed by atoms with Crippen molar-refractivity contribution in [3.8, 4) is 5.88 Å². The Hall–Kier alpha value is -0.990. The molecule has 1 rings (SSSR count). The Bertz CT molecular complexity index is 210. The first kappa shape index (κ1) is 8.11. The lowest BCUT2D eigenvalue weighted by atomic mass is 10.2. The highest BCUT2D eigenvalue weighted by Gasteiger charge is 2.01. The Morgan fingerprint density at radius 2 is 2.36 bits per heavy atom. The Kier molecular flexibility index (Phi) is 2.52. The summed E-state index contributed by atoms with van der Waals surface area (Å²) >= 11 is 0. The largest absolute Gasteiger partial charge is 0.493 e. The molecule has 3 heteroatoms. The van der Waals surface area contributed by atoms with Gasteiger partial charge in [0.2, 0.25) is 5.88 Å². The first-order valence-corrected chi connectivity index (χ1v) is 3.96. The zero-order valence-corrected chi connectivity index (χ0v) is 7.04. The fourth-order valence-corrected chi connectivity index (χ4v) is 0.995. The zero-order chi connectivity index (χ0) is 8.27. The maximum atomic E-state index is 9.14. The topological polar surface area (TPSA) is 38.0 Å². The van der Waals surface area contributed by atoms with Crippen molar-refractivity contribution in [2.75, 3.05) is 0 Å². The van der Waals surface area contributed by atoms with Gasteiger partial charge in [-0.05, 0) is 12.8 Å². The fraction of sp³-hybridized carbons (Fsp3) is 0.625. The molecule has 62 valence electrons. The lowest BCUT2D eigenvalue weighted by Gasteiger charge is -1.90. The molecule has 11 heavy (non-hydrogen) atoms. The van der Waals surface area contributed by atoms with Gasteiger partial charge in [0, 0.05) is 13.1 Å². The van der Waals surface area contributed by atoms with E-state index in [1.807, 2.05) is 0 Å². The minimum absolute atomic E-state index is 0.246. The molecule has 1 aromatic heterocycles. The lowest BCUT2D eigenvalue weighted by Crippen LogP contribution is -1.91. The molecule has 1 heterocycles. The standard InChI is InChI=1S/C8H14N2O/c1-3-4-5-7-6-8(11)10(2)9-7/h6,11H,3-5H2,1-2H3. The van der Waals surface area contributed by atoms with Gasteiger partial charge in [-0.2, -0.15) is 5.10 Å². The SMILES string of the molecule is CCCCc1cc(O)n(C)n1. The molecule has 0 amide bonds. The minimum atomic E-state index is 0.246. The van der Waals surface area contributed by atoms with Crippen LogP contribution in [0.1, 0.15) is 25.5 Å². The summed E-state index contributed by atoms with van der Waals surface area (Å²) in [6.07, 6.45) is 3.26. The number of aryl methyl sites for hydroxylation is 2. The Labute approximate surface area is 66.7 Å². The molecule has 0 radical (unpaired) electrons. The Morgan fingerprint density at radius 1 is 1.64 bits per heavy atom. The summed E-state index contributed by atoms with van der Waals surface area (Å²) in [7, 11) is 1.74. The molecule has 0 saturated heterocycles. The third kappa shape index (κ3) is 1.97. The van der Waals surface area contributed by atoms with E-state index in [0.717, 1.165) is 25.0 Å². The van der Waals surface area contributed by atoms with Crippen LogP contribution >= 0.6 is 0 Å². The normalized spacial score (nSPS) is 10.4. The number of hydrogen-bond acceptors (Lipinski definition) is 2. The monoisotopic (exact) mass is 154 g/mol. The van der Waals surface area contributed by atoms with Gasteiger partial charge in [-0.1, -0.05) is 13.3 Å². The third-order valence-corrected chi connectivity index (χ3v) is 1.69. The maximum absolute atomic E-state index is 9.14. The van der Waals surface area contributed by atoms with E-state index in [1.165, 1.54) is 4.68 Å². The summed E-state index contributed by atoms with van der Waals surface area (Å²) in [5.41, 5.74) is 0.979. The molecule has 0 spiro atoms. The predicted molar refractivity (Wildman–Crippen MR) is 43.5 cm³/mol. The summed E-state index contributed by atoms with van der Waals surface area (Å²) in [5, 5.41) is 13.3. The van der Waals surface area contributed by atoms with Crippen molar-refractivity contribution in [3.63, 3.8) is 0 Å². The zero-order valence-electron chi connectivity index (χ0n) is 7.04. The van der Waals surface area contributed by atoms with Crippen molar-refractivity contribution in [2.24, 2.45) is 7.05 Å². The molecule has 0 saturated carbocycles. The van der Waals surface area contributed by atoms with Gasteiger partial charge in [-0.25, -0.2) is 4.68 Å². The number of aromatic hydroxyl groups is 1. The summed E-state index contributed by atoms with van der Waals surface area (Å²) in [6, 6.07) is 1.72. The van der Waals surface area contributed by atoms with Gasteiger partial charge >= 0.3 is 0 Å². The van der Waals surface area contributed by atoms with Crippen molar-refractivity contribution in [1.82, 2.24) is 9.78 Å². The van der Waals surface area contributed by atoms with Crippen LogP contribution in [0.25, 0.3) is 0 Å². The first-order valence-electron chi connectivity index (χ1n) is 3.96. The summed E-state index contributed by atoms with van der Waals surface area (Å²) in [4.78, 5) is 0. The predicted octanol–water partition coefficient (Wildman–Crippen LogP) is 1.47. The second-order valence-corrected chi connectivity index (χ2v) is 2.72. The van der Waals surface area contributed by atoms with Crippen LogP contribution in [0.15, 0.2) is 6.07 Å². The van der Waals surface area contributed by atoms with Crippen LogP contribution in [0.3, 0.4) is 0 Å². The average molecular weight is 154 g/mol. The number of rotatable bonds is 3. The highest BCUT2D eigenvalue weighted by atomic mass is 16.3. The van der Waals surface area contributed by atoms with Gasteiger partial charge in [0.05, 0.1) is 5.69 Å². The molecule has 0 aromatic carbocycles. The molecule has 0 atom stereocenters. The Balaban J connectivity index is 2.58. The van der Waals surface area contributed by atoms with Crippen molar-refractivity contribution in [3.05, 3.63) is 11.8 Å². The third-order valence-electron chi connectivity index (χ3n) is 1.69. The van der Waals surface area contributed by atoms with Gasteiger partial charge in [-0.15, -0.1) is 0 Å². The molecule has 1 N–H and O–H groups in total. The van der Waals surface area contributed by atoms with E-state index >= 15 is 0 Å². The van der Waals surface area contributed by atoms with Gasteiger partial charge in [-0.3, -0.25) is 0 Å². The highest BCUT2D eigenvalue weighted by molar-refractivity contribution is 5.13. The van der Waals surface area contributed by atoms with Crippen LogP contribution < -0.4 is 0 Å². The van der Waals surface area contributed by atoms with Crippen molar-refractivity contribution in [2.45, 2.75) is 26.2 Å². The summed E-state index contributed by atoms with van der Waals surface area (Å²) < 4.78 is 1.49. The second kappa shape index (κ2) is 3.42. The van der Waals surface area contributed by atoms with E-state index in [-0.39, 0.29) is 5.88 Å². The van der Waals surface area contributed by atoms with Crippen LogP contribution in [0.4, 0.5) is 0 Å². The van der Waals surface area contributed by atoms with E-state index in [2.05, 4.69) is 12.0 Å². The molecule has 0 aliphatic heterocycles. The van der Waals surface area contributed by atoms with E-state index in [9.17, 15) is 0 Å². The van der Waals surface area contributed by atoms with E-state index in [4.69, 9.17) is 5.11 Å². The maximum Gasteiger partial charge on any atom is 0.209 e. The molecular formula is C8H14N2O. The summed E-state index contributed by atoms with van der Waals surface area (Å²) in [6.45, 7) is 2.14. The number of aromatic nitrogens is 2. The van der Waals surface area contributed by atoms with Crippen LogP contribution in [0, 0.1) is 0 Å². The minimum Gasteiger partial charge on any atom is -0.493 e. The summed E-state index contributed by atoms with van der Waals surface area (Å²) in [5.74, 6) is 0.246. The number of unbranched alkanes of at least 4 members (excludes halogenated alkanes) is 1. The van der Waals surface area contributed by atoms with E-state index in [0.29, 0.717) is 0 Å². The molecule has 0 fully saturated rings. The van der Waals surface area contributed by atoms with Crippen LogP contribution in [-0.4, -0.2) is 14.9 Å². The van der Waals surface area contributed by atoms with Crippen LogP contribution in [-0.2, 0) is 13.5 Å². The van der Waals surface area contributed by atoms with Crippen molar-refractivity contribution in [1.29, 1.82) is 0 Å². The molecule has 0 unspecified atom stereocenters. The number of hydrogen-bond donors (Lipinski definition) is 1. The molecular weight excluding hydrogens is 140 g/mol. The highest BCUT2D eigenvalue weighted by Crippen LogP contribution is 2.10. The quantitative estimate of drug-likeness (QED) is 0.715. The molecule has 1 aromatic rings. The second-order valence-electron chi connectivity index (χ2n) is 2.72. The van der Waals surface area contributed by atoms with Gasteiger partial charge in [0.25, 0.3) is 0 Å². The van der Waals surface area contributed by atoms with Gasteiger partial charge in [0.15, 0.2) is 0 Å². The van der Waals surface area contributed by atoms with E-state index < -0.39 is 0 Å². The van der Waals surface area contributed by atoms with Crippen LogP contribution in [0.5, 0.6) is 5.88 Å². The molecule has 0 aliphatic rings.